The van der Waals surface area contributed by atoms with Crippen molar-refractivity contribution in [2.24, 2.45) is 0 Å². The average Bonchev–Trinajstić information content (AvgIpc) is 2.59. The molecule has 2 N–H and O–H groups in total. The molecule has 1 aromatic carbocycles. The minimum absolute atomic E-state index is 0.172. The van der Waals surface area contributed by atoms with Crippen LogP contribution in [0.25, 0.3) is 0 Å². The number of nitrogens with one attached hydrogen (secondary N) is 2. The van der Waals surface area contributed by atoms with E-state index in [0.717, 1.165) is 5.69 Å². The minimum atomic E-state index is -1.26. The lowest BCUT2D eigenvalue weighted by Crippen LogP contribution is -2.17. The molecule has 2 rings (SSSR count). The molecule has 1 amide bonds. The number of carbonyl (C=O) groups excluding carboxylic acids is 1. The van der Waals surface area contributed by atoms with Crippen LogP contribution in [0.2, 0.25) is 0 Å². The number of carbonyl (C=O) groups is 1. The van der Waals surface area contributed by atoms with E-state index in [-0.39, 0.29) is 5.82 Å². The van der Waals surface area contributed by atoms with Gasteiger partial charge in [-0.05, 0) is 13.8 Å². The van der Waals surface area contributed by atoms with E-state index in [1.807, 2.05) is 0 Å². The Morgan fingerprint density at radius 1 is 1.21 bits per heavy atom. The highest BCUT2D eigenvalue weighted by molar-refractivity contribution is 6.04. The smallest absolute Gasteiger partial charge is 0.262 e. The number of amides is 1. The number of hydrogen-bond acceptors (Lipinski definition) is 2. The lowest BCUT2D eigenvalue weighted by atomic mass is 10.1. The van der Waals surface area contributed by atoms with Crippen molar-refractivity contribution >= 4 is 11.7 Å². The number of H-pyrrole nitrogens is 1. The second kappa shape index (κ2) is 4.75. The van der Waals surface area contributed by atoms with Crippen molar-refractivity contribution < 1.29 is 18.0 Å². The summed E-state index contributed by atoms with van der Waals surface area (Å²) in [4.78, 5) is 11.8. The van der Waals surface area contributed by atoms with Gasteiger partial charge in [0.25, 0.3) is 5.91 Å². The summed E-state index contributed by atoms with van der Waals surface area (Å²) in [6.45, 7) is 3.42. The van der Waals surface area contributed by atoms with Crippen molar-refractivity contribution in [1.82, 2.24) is 10.2 Å². The maximum absolute atomic E-state index is 13.4. The molecule has 1 heterocycles. The summed E-state index contributed by atoms with van der Waals surface area (Å²) in [6, 6.07) is 0.890. The van der Waals surface area contributed by atoms with E-state index in [0.29, 0.717) is 17.7 Å². The molecule has 0 saturated heterocycles. The number of aromatic amines is 1. The zero-order chi connectivity index (χ0) is 14.2. The Kier molecular flexibility index (Phi) is 3.28. The Morgan fingerprint density at radius 2 is 1.79 bits per heavy atom. The molecule has 0 bridgehead atoms. The van der Waals surface area contributed by atoms with Gasteiger partial charge in [-0.15, -0.1) is 0 Å². The zero-order valence-corrected chi connectivity index (χ0v) is 10.1. The molecule has 7 heteroatoms. The lowest BCUT2D eigenvalue weighted by molar-refractivity contribution is 0.101. The molecule has 1 aromatic heterocycles. The van der Waals surface area contributed by atoms with Crippen LogP contribution in [0, 0.1) is 31.3 Å². The largest absolute Gasteiger partial charge is 0.305 e. The van der Waals surface area contributed by atoms with Crippen LogP contribution < -0.4 is 5.32 Å². The SMILES string of the molecule is Cc1[nH]nc(NC(=O)c2c(F)cc(F)cc2F)c1C. The van der Waals surface area contributed by atoms with Gasteiger partial charge in [0.1, 0.15) is 23.0 Å². The number of rotatable bonds is 2. The first kappa shape index (κ1) is 13.1. The Labute approximate surface area is 106 Å². The number of halogens is 3. The number of benzene rings is 1. The van der Waals surface area contributed by atoms with Crippen molar-refractivity contribution in [3.8, 4) is 0 Å². The number of anilines is 1. The summed E-state index contributed by atoms with van der Waals surface area (Å²) in [5.41, 5.74) is 0.521. The highest BCUT2D eigenvalue weighted by Crippen LogP contribution is 2.18. The van der Waals surface area contributed by atoms with Gasteiger partial charge in [-0.3, -0.25) is 9.89 Å². The van der Waals surface area contributed by atoms with E-state index in [4.69, 9.17) is 0 Å². The zero-order valence-electron chi connectivity index (χ0n) is 10.1. The van der Waals surface area contributed by atoms with Crippen LogP contribution in [0.5, 0.6) is 0 Å². The van der Waals surface area contributed by atoms with Gasteiger partial charge >= 0.3 is 0 Å². The molecule has 0 unspecified atom stereocenters. The Balaban J connectivity index is 2.33. The molecule has 2 aromatic rings. The van der Waals surface area contributed by atoms with Gasteiger partial charge in [0, 0.05) is 23.4 Å². The van der Waals surface area contributed by atoms with Crippen LogP contribution in [-0.4, -0.2) is 16.1 Å². The van der Waals surface area contributed by atoms with Crippen LogP contribution in [-0.2, 0) is 0 Å². The molecular formula is C12H10F3N3O. The van der Waals surface area contributed by atoms with Gasteiger partial charge in [-0.1, -0.05) is 0 Å². The normalized spacial score (nSPS) is 10.6. The molecule has 19 heavy (non-hydrogen) atoms. The molecule has 0 aliphatic heterocycles. The fourth-order valence-corrected chi connectivity index (χ4v) is 1.54. The van der Waals surface area contributed by atoms with Gasteiger partial charge in [0.05, 0.1) is 0 Å². The third-order valence-electron chi connectivity index (χ3n) is 2.72. The molecule has 0 atom stereocenters. The van der Waals surface area contributed by atoms with E-state index in [2.05, 4.69) is 15.5 Å². The van der Waals surface area contributed by atoms with Gasteiger partial charge < -0.3 is 5.32 Å². The van der Waals surface area contributed by atoms with Crippen molar-refractivity contribution in [3.63, 3.8) is 0 Å². The number of aryl methyl sites for hydroxylation is 1. The van der Waals surface area contributed by atoms with Crippen molar-refractivity contribution in [2.75, 3.05) is 5.32 Å². The van der Waals surface area contributed by atoms with Gasteiger partial charge in [0.2, 0.25) is 0 Å². The van der Waals surface area contributed by atoms with Crippen molar-refractivity contribution in [2.45, 2.75) is 13.8 Å². The summed E-state index contributed by atoms with van der Waals surface area (Å²) in [6.07, 6.45) is 0. The topological polar surface area (TPSA) is 57.8 Å². The molecule has 0 aliphatic carbocycles. The van der Waals surface area contributed by atoms with Gasteiger partial charge in [0.15, 0.2) is 5.82 Å². The third-order valence-corrected chi connectivity index (χ3v) is 2.72. The molecule has 0 spiro atoms. The van der Waals surface area contributed by atoms with Crippen molar-refractivity contribution in [1.29, 1.82) is 0 Å². The Morgan fingerprint density at radius 3 is 2.26 bits per heavy atom. The molecule has 4 nitrogen and oxygen atoms in total. The molecule has 0 fully saturated rings. The van der Waals surface area contributed by atoms with Gasteiger partial charge in [-0.2, -0.15) is 5.10 Å². The van der Waals surface area contributed by atoms with Crippen LogP contribution in [0.15, 0.2) is 12.1 Å². The summed E-state index contributed by atoms with van der Waals surface area (Å²) in [5.74, 6) is -4.46. The van der Waals surface area contributed by atoms with E-state index in [1.54, 1.807) is 13.8 Å². The van der Waals surface area contributed by atoms with Crippen LogP contribution in [0.4, 0.5) is 19.0 Å². The fraction of sp³-hybridized carbons (Fsp3) is 0.167. The van der Waals surface area contributed by atoms with E-state index in [9.17, 15) is 18.0 Å². The van der Waals surface area contributed by atoms with Crippen LogP contribution in [0.1, 0.15) is 21.6 Å². The van der Waals surface area contributed by atoms with E-state index < -0.39 is 28.9 Å². The van der Waals surface area contributed by atoms with Crippen LogP contribution >= 0.6 is 0 Å². The van der Waals surface area contributed by atoms with Crippen molar-refractivity contribution in [3.05, 3.63) is 46.4 Å². The maximum atomic E-state index is 13.4. The summed E-state index contributed by atoms with van der Waals surface area (Å²) in [7, 11) is 0. The average molecular weight is 269 g/mol. The highest BCUT2D eigenvalue weighted by Gasteiger charge is 2.20. The Hall–Kier alpha value is -2.31. The number of hydrogen-bond donors (Lipinski definition) is 2. The van der Waals surface area contributed by atoms with E-state index in [1.165, 1.54) is 0 Å². The quantitative estimate of drug-likeness (QED) is 0.880. The predicted octanol–water partition coefficient (Wildman–Crippen LogP) is 2.70. The molecular weight excluding hydrogens is 259 g/mol. The first-order valence-corrected chi connectivity index (χ1v) is 5.37. The monoisotopic (exact) mass is 269 g/mol. The minimum Gasteiger partial charge on any atom is -0.305 e. The van der Waals surface area contributed by atoms with E-state index >= 15 is 0 Å². The van der Waals surface area contributed by atoms with Crippen LogP contribution in [0.3, 0.4) is 0 Å². The lowest BCUT2D eigenvalue weighted by Gasteiger charge is -2.06. The summed E-state index contributed by atoms with van der Waals surface area (Å²) >= 11 is 0. The highest BCUT2D eigenvalue weighted by atomic mass is 19.1. The predicted molar refractivity (Wildman–Crippen MR) is 62.3 cm³/mol. The summed E-state index contributed by atoms with van der Waals surface area (Å²) in [5, 5.41) is 8.67. The number of nitrogens with zero attached hydrogens (tertiary/aromatic N) is 1. The second-order valence-corrected chi connectivity index (χ2v) is 4.02. The number of aromatic nitrogens is 2. The molecule has 0 radical (unpaired) electrons. The molecule has 0 saturated carbocycles. The Bertz CT molecular complexity index is 629. The maximum Gasteiger partial charge on any atom is 0.262 e. The summed E-state index contributed by atoms with van der Waals surface area (Å²) < 4.78 is 39.5. The van der Waals surface area contributed by atoms with Gasteiger partial charge in [-0.25, -0.2) is 13.2 Å². The molecule has 0 aliphatic rings. The second-order valence-electron chi connectivity index (χ2n) is 4.02. The standard InChI is InChI=1S/C12H10F3N3O/c1-5-6(2)17-18-11(5)16-12(19)10-8(14)3-7(13)4-9(10)15/h3-4H,1-2H3,(H2,16,17,18,19). The molecule has 100 valence electrons. The third kappa shape index (κ3) is 2.44. The first-order valence-electron chi connectivity index (χ1n) is 5.37. The fourth-order valence-electron chi connectivity index (χ4n) is 1.54. The first-order chi connectivity index (χ1) is 8.90.